The van der Waals surface area contributed by atoms with Gasteiger partial charge in [0.05, 0.1) is 0 Å². The predicted molar refractivity (Wildman–Crippen MR) is 65.2 cm³/mol. The molecule has 0 aliphatic carbocycles. The molecule has 0 bridgehead atoms. The lowest BCUT2D eigenvalue weighted by Crippen LogP contribution is -2.27. The van der Waals surface area contributed by atoms with Crippen molar-refractivity contribution in [2.75, 3.05) is 12.8 Å². The number of sulfone groups is 1. The highest BCUT2D eigenvalue weighted by atomic mass is 32.2. The van der Waals surface area contributed by atoms with Crippen LogP contribution in [0.1, 0.15) is 30.3 Å². The van der Waals surface area contributed by atoms with Crippen molar-refractivity contribution in [3.05, 3.63) is 10.0 Å². The number of nitrogens with two attached hydrogens (primary N) is 1. The summed E-state index contributed by atoms with van der Waals surface area (Å²) in [5, 5.41) is 9.33. The lowest BCUT2D eigenvalue weighted by molar-refractivity contribution is 0.558. The Kier molecular flexibility index (Phi) is 4.03. The Balaban J connectivity index is 2.94. The fourth-order valence-electron chi connectivity index (χ4n) is 1.01. The van der Waals surface area contributed by atoms with Gasteiger partial charge in [0.25, 0.3) is 0 Å². The van der Waals surface area contributed by atoms with E-state index in [4.69, 9.17) is 5.73 Å². The number of hydrogen-bond acceptors (Lipinski definition) is 6. The van der Waals surface area contributed by atoms with E-state index in [1.54, 1.807) is 13.8 Å². The van der Waals surface area contributed by atoms with Crippen LogP contribution in [0.25, 0.3) is 0 Å². The van der Waals surface area contributed by atoms with Crippen molar-refractivity contribution < 1.29 is 8.42 Å². The van der Waals surface area contributed by atoms with E-state index in [0.29, 0.717) is 11.6 Å². The van der Waals surface area contributed by atoms with Gasteiger partial charge in [-0.3, -0.25) is 0 Å². The molecule has 1 aromatic rings. The maximum Gasteiger partial charge on any atom is 0.159 e. The molecule has 0 aliphatic rings. The van der Waals surface area contributed by atoms with E-state index in [1.807, 2.05) is 0 Å². The zero-order chi connectivity index (χ0) is 12.4. The summed E-state index contributed by atoms with van der Waals surface area (Å²) in [6.45, 7) is 3.90. The average molecular weight is 263 g/mol. The lowest BCUT2D eigenvalue weighted by Gasteiger charge is -2.18. The van der Waals surface area contributed by atoms with Gasteiger partial charge in [-0.1, -0.05) is 11.3 Å². The Morgan fingerprint density at radius 2 is 2.00 bits per heavy atom. The van der Waals surface area contributed by atoms with Gasteiger partial charge in [-0.2, -0.15) is 0 Å². The molecule has 0 saturated carbocycles. The van der Waals surface area contributed by atoms with Crippen molar-refractivity contribution in [3.8, 4) is 0 Å². The highest BCUT2D eigenvalue weighted by molar-refractivity contribution is 7.91. The summed E-state index contributed by atoms with van der Waals surface area (Å²) in [4.78, 5) is 0. The van der Waals surface area contributed by atoms with Gasteiger partial charge in [0.2, 0.25) is 0 Å². The van der Waals surface area contributed by atoms with E-state index >= 15 is 0 Å². The molecule has 0 unspecified atom stereocenters. The summed E-state index contributed by atoms with van der Waals surface area (Å²) in [5.41, 5.74) is 5.40. The topological polar surface area (TPSA) is 85.9 Å². The second-order valence-electron chi connectivity index (χ2n) is 4.18. The minimum Gasteiger partial charge on any atom is -0.330 e. The van der Waals surface area contributed by atoms with Gasteiger partial charge in [-0.05, 0) is 26.8 Å². The summed E-state index contributed by atoms with van der Waals surface area (Å²) in [6, 6.07) is 0. The Labute approximate surface area is 100.0 Å². The van der Waals surface area contributed by atoms with Gasteiger partial charge >= 0.3 is 0 Å². The molecule has 0 aromatic carbocycles. The minimum atomic E-state index is -3.18. The third kappa shape index (κ3) is 2.78. The molecule has 1 aromatic heterocycles. The fourth-order valence-corrected chi connectivity index (χ4v) is 2.83. The summed E-state index contributed by atoms with van der Waals surface area (Å²) in [5.74, 6) is 0. The molecule has 5 nitrogen and oxygen atoms in total. The second kappa shape index (κ2) is 4.77. The van der Waals surface area contributed by atoms with E-state index in [-0.39, 0.29) is 0 Å². The monoisotopic (exact) mass is 263 g/mol. The zero-order valence-corrected chi connectivity index (χ0v) is 11.4. The Morgan fingerprint density at radius 3 is 2.50 bits per heavy atom. The average Bonchev–Trinajstić information content (AvgIpc) is 2.61. The van der Waals surface area contributed by atoms with E-state index in [0.717, 1.165) is 17.8 Å². The van der Waals surface area contributed by atoms with Crippen LogP contribution in [0, 0.1) is 0 Å². The summed E-state index contributed by atoms with van der Waals surface area (Å²) >= 11 is 1.35. The Morgan fingerprint density at radius 1 is 1.38 bits per heavy atom. The van der Waals surface area contributed by atoms with E-state index in [9.17, 15) is 8.42 Å². The summed E-state index contributed by atoms with van der Waals surface area (Å²) < 4.78 is 22.2. The third-order valence-electron chi connectivity index (χ3n) is 2.50. The smallest absolute Gasteiger partial charge is 0.159 e. The third-order valence-corrected chi connectivity index (χ3v) is 5.99. The zero-order valence-electron chi connectivity index (χ0n) is 9.73. The molecule has 0 spiro atoms. The van der Waals surface area contributed by atoms with Crippen LogP contribution in [0.5, 0.6) is 0 Å². The number of aromatic nitrogens is 2. The van der Waals surface area contributed by atoms with Crippen LogP contribution in [0.2, 0.25) is 0 Å². The molecular formula is C9H17N3O2S2. The van der Waals surface area contributed by atoms with Gasteiger partial charge in [-0.15, -0.1) is 10.2 Å². The van der Waals surface area contributed by atoms with Crippen LogP contribution in [-0.4, -0.2) is 31.4 Å². The standard InChI is InChI=1S/C9H17N3O2S2/c1-9(2,16(3,13)14)8-12-11-7(15-8)5-4-6-10/h4-6,10H2,1-3H3. The number of nitrogens with zero attached hydrogens (tertiary/aromatic N) is 2. The molecule has 1 rings (SSSR count). The molecule has 0 atom stereocenters. The minimum absolute atomic E-state index is 0.544. The maximum atomic E-state index is 11.6. The van der Waals surface area contributed by atoms with Crippen molar-refractivity contribution in [2.24, 2.45) is 5.73 Å². The van der Waals surface area contributed by atoms with Crippen molar-refractivity contribution in [1.29, 1.82) is 0 Å². The molecule has 16 heavy (non-hydrogen) atoms. The van der Waals surface area contributed by atoms with E-state index in [1.165, 1.54) is 17.6 Å². The van der Waals surface area contributed by atoms with Crippen molar-refractivity contribution >= 4 is 21.2 Å². The summed E-state index contributed by atoms with van der Waals surface area (Å²) in [6.07, 6.45) is 2.82. The molecule has 0 fully saturated rings. The van der Waals surface area contributed by atoms with Crippen molar-refractivity contribution in [2.45, 2.75) is 31.4 Å². The Hall–Kier alpha value is -0.530. The first-order chi connectivity index (χ1) is 7.29. The SMILES string of the molecule is CC(C)(c1nnc(CCCN)s1)S(C)(=O)=O. The lowest BCUT2D eigenvalue weighted by atomic mass is 10.2. The van der Waals surface area contributed by atoms with Crippen LogP contribution < -0.4 is 5.73 Å². The van der Waals surface area contributed by atoms with Gasteiger partial charge in [0.15, 0.2) is 9.84 Å². The van der Waals surface area contributed by atoms with Crippen molar-refractivity contribution in [3.63, 3.8) is 0 Å². The quantitative estimate of drug-likeness (QED) is 0.845. The maximum absolute atomic E-state index is 11.6. The molecule has 0 amide bonds. The molecule has 7 heteroatoms. The molecular weight excluding hydrogens is 246 g/mol. The van der Waals surface area contributed by atoms with Gasteiger partial charge in [0, 0.05) is 12.7 Å². The first-order valence-electron chi connectivity index (χ1n) is 5.01. The number of hydrogen-bond donors (Lipinski definition) is 1. The van der Waals surface area contributed by atoms with Crippen LogP contribution in [0.4, 0.5) is 0 Å². The first-order valence-corrected chi connectivity index (χ1v) is 7.72. The van der Waals surface area contributed by atoms with Crippen LogP contribution in [-0.2, 0) is 21.0 Å². The second-order valence-corrected chi connectivity index (χ2v) is 7.80. The van der Waals surface area contributed by atoms with Crippen LogP contribution >= 0.6 is 11.3 Å². The predicted octanol–water partition coefficient (Wildman–Crippen LogP) is 0.709. The van der Waals surface area contributed by atoms with Crippen molar-refractivity contribution in [1.82, 2.24) is 10.2 Å². The molecule has 0 saturated heterocycles. The highest BCUT2D eigenvalue weighted by Crippen LogP contribution is 2.31. The van der Waals surface area contributed by atoms with Crippen LogP contribution in [0.15, 0.2) is 0 Å². The first kappa shape index (κ1) is 13.5. The number of aryl methyl sites for hydroxylation is 1. The largest absolute Gasteiger partial charge is 0.330 e. The van der Waals surface area contributed by atoms with Gasteiger partial charge < -0.3 is 5.73 Å². The number of rotatable bonds is 5. The Bertz CT molecular complexity index is 451. The van der Waals surface area contributed by atoms with E-state index < -0.39 is 14.6 Å². The van der Waals surface area contributed by atoms with Gasteiger partial charge in [-0.25, -0.2) is 8.42 Å². The van der Waals surface area contributed by atoms with Gasteiger partial charge in [0.1, 0.15) is 14.8 Å². The molecule has 0 radical (unpaired) electrons. The molecule has 92 valence electrons. The normalized spacial score (nSPS) is 13.0. The highest BCUT2D eigenvalue weighted by Gasteiger charge is 2.35. The fraction of sp³-hybridized carbons (Fsp3) is 0.778. The molecule has 1 heterocycles. The van der Waals surface area contributed by atoms with E-state index in [2.05, 4.69) is 10.2 Å². The molecule has 0 aliphatic heterocycles. The van der Waals surface area contributed by atoms with Crippen LogP contribution in [0.3, 0.4) is 0 Å². The summed E-state index contributed by atoms with van der Waals surface area (Å²) in [7, 11) is -3.18. The molecule has 2 N–H and O–H groups in total.